The minimum atomic E-state index is -1.01. The van der Waals surface area contributed by atoms with E-state index in [1.54, 1.807) is 30.5 Å². The van der Waals surface area contributed by atoms with E-state index in [0.717, 1.165) is 10.6 Å². The molecule has 0 spiro atoms. The number of nitrogens with two attached hydrogens (primary N) is 1. The summed E-state index contributed by atoms with van der Waals surface area (Å²) in [4.78, 5) is 8.44. The molecular weight excluding hydrogens is 252 g/mol. The number of nitrogen functional groups attached to an aromatic ring is 1. The van der Waals surface area contributed by atoms with Gasteiger partial charge in [-0.15, -0.1) is 0 Å². The molecule has 4 N–H and O–H groups in total. The molecule has 0 saturated heterocycles. The van der Waals surface area contributed by atoms with E-state index in [-0.39, 0.29) is 17.5 Å². The number of aromatic nitrogens is 2. The normalized spacial score (nSPS) is 12.1. The first-order chi connectivity index (χ1) is 8.56. The lowest BCUT2D eigenvalue weighted by Crippen LogP contribution is -2.00. The number of benzene rings is 1. The Morgan fingerprint density at radius 1 is 1.33 bits per heavy atom. The van der Waals surface area contributed by atoms with E-state index in [0.29, 0.717) is 0 Å². The SMILES string of the molecule is C[S+]([O-])c1ccc(Nc2ncc(N)c(O)n2)cc1. The summed E-state index contributed by atoms with van der Waals surface area (Å²) in [5, 5.41) is 12.2. The van der Waals surface area contributed by atoms with Crippen LogP contribution in [-0.4, -0.2) is 25.9 Å². The Labute approximate surface area is 107 Å². The molecule has 2 aromatic rings. The largest absolute Gasteiger partial charge is 0.612 e. The molecule has 0 fully saturated rings. The second kappa shape index (κ2) is 5.11. The fourth-order valence-corrected chi connectivity index (χ4v) is 1.82. The van der Waals surface area contributed by atoms with E-state index < -0.39 is 11.2 Å². The van der Waals surface area contributed by atoms with Gasteiger partial charge in [0.25, 0.3) is 0 Å². The van der Waals surface area contributed by atoms with Gasteiger partial charge in [-0.1, -0.05) is 0 Å². The standard InChI is InChI=1S/C11H12N4O2S/c1-18(17)8-4-2-7(3-5-8)14-11-13-6-9(12)10(16)15-11/h2-6H,12H2,1H3,(H2,13,14,15,16). The number of nitrogens with zero attached hydrogens (tertiary/aromatic N) is 2. The number of hydrogen-bond donors (Lipinski definition) is 3. The lowest BCUT2D eigenvalue weighted by atomic mass is 10.3. The molecule has 1 aromatic carbocycles. The van der Waals surface area contributed by atoms with Crippen molar-refractivity contribution in [3.8, 4) is 5.88 Å². The van der Waals surface area contributed by atoms with Crippen molar-refractivity contribution in [1.29, 1.82) is 0 Å². The van der Waals surface area contributed by atoms with E-state index in [1.165, 1.54) is 6.20 Å². The van der Waals surface area contributed by atoms with Crippen molar-refractivity contribution in [2.45, 2.75) is 4.90 Å². The second-order valence-electron chi connectivity index (χ2n) is 3.58. The molecule has 0 bridgehead atoms. The summed E-state index contributed by atoms with van der Waals surface area (Å²) in [6.07, 6.45) is 2.93. The quantitative estimate of drug-likeness (QED) is 0.720. The Morgan fingerprint density at radius 3 is 2.56 bits per heavy atom. The lowest BCUT2D eigenvalue weighted by molar-refractivity contribution is 0.456. The molecule has 1 aromatic heterocycles. The maximum Gasteiger partial charge on any atom is 0.239 e. The molecule has 2 rings (SSSR count). The van der Waals surface area contributed by atoms with Crippen molar-refractivity contribution < 1.29 is 9.66 Å². The smallest absolute Gasteiger partial charge is 0.239 e. The molecule has 18 heavy (non-hydrogen) atoms. The van der Waals surface area contributed by atoms with Gasteiger partial charge in [0.2, 0.25) is 11.8 Å². The van der Waals surface area contributed by atoms with E-state index in [2.05, 4.69) is 15.3 Å². The van der Waals surface area contributed by atoms with Crippen LogP contribution in [0.2, 0.25) is 0 Å². The van der Waals surface area contributed by atoms with Gasteiger partial charge in [-0.2, -0.15) is 4.98 Å². The summed E-state index contributed by atoms with van der Waals surface area (Å²) in [6, 6.07) is 7.01. The Hall–Kier alpha value is -1.99. The molecular formula is C11H12N4O2S. The summed E-state index contributed by atoms with van der Waals surface area (Å²) in [6.45, 7) is 0. The fourth-order valence-electron chi connectivity index (χ4n) is 1.30. The zero-order valence-electron chi connectivity index (χ0n) is 9.62. The predicted octanol–water partition coefficient (Wildman–Crippen LogP) is 1.25. The zero-order chi connectivity index (χ0) is 13.1. The molecule has 1 atom stereocenters. The van der Waals surface area contributed by atoms with Gasteiger partial charge in [-0.25, -0.2) is 4.98 Å². The Kier molecular flexibility index (Phi) is 3.54. The van der Waals surface area contributed by atoms with E-state index in [4.69, 9.17) is 5.73 Å². The number of nitrogens with one attached hydrogen (secondary N) is 1. The molecule has 1 heterocycles. The van der Waals surface area contributed by atoms with E-state index in [9.17, 15) is 9.66 Å². The molecule has 0 amide bonds. The van der Waals surface area contributed by atoms with Crippen LogP contribution >= 0.6 is 0 Å². The predicted molar refractivity (Wildman–Crippen MR) is 70.2 cm³/mol. The first-order valence-corrected chi connectivity index (χ1v) is 6.64. The number of anilines is 3. The van der Waals surface area contributed by atoms with E-state index >= 15 is 0 Å². The zero-order valence-corrected chi connectivity index (χ0v) is 10.4. The highest BCUT2D eigenvalue weighted by Gasteiger charge is 2.05. The van der Waals surface area contributed by atoms with Crippen LogP contribution in [0.1, 0.15) is 0 Å². The molecule has 7 heteroatoms. The third-order valence-corrected chi connectivity index (χ3v) is 3.17. The maximum atomic E-state index is 11.2. The second-order valence-corrected chi connectivity index (χ2v) is 4.96. The average Bonchev–Trinajstić information content (AvgIpc) is 2.34. The Balaban J connectivity index is 2.15. The number of aromatic hydroxyl groups is 1. The van der Waals surface area contributed by atoms with Crippen molar-refractivity contribution in [1.82, 2.24) is 9.97 Å². The van der Waals surface area contributed by atoms with Gasteiger partial charge >= 0.3 is 0 Å². The first kappa shape index (κ1) is 12.5. The average molecular weight is 264 g/mol. The molecule has 94 valence electrons. The highest BCUT2D eigenvalue weighted by molar-refractivity contribution is 7.90. The van der Waals surface area contributed by atoms with Gasteiger partial charge in [0.1, 0.15) is 11.9 Å². The van der Waals surface area contributed by atoms with Crippen molar-refractivity contribution in [3.05, 3.63) is 30.5 Å². The van der Waals surface area contributed by atoms with Gasteiger partial charge in [-0.3, -0.25) is 0 Å². The number of rotatable bonds is 3. The van der Waals surface area contributed by atoms with Crippen LogP contribution in [-0.2, 0) is 11.2 Å². The number of hydrogen-bond acceptors (Lipinski definition) is 6. The fraction of sp³-hybridized carbons (Fsp3) is 0.0909. The molecule has 0 aliphatic carbocycles. The van der Waals surface area contributed by atoms with E-state index in [1.807, 2.05) is 0 Å². The monoisotopic (exact) mass is 264 g/mol. The van der Waals surface area contributed by atoms with Crippen LogP contribution in [0.25, 0.3) is 0 Å². The molecule has 0 radical (unpaired) electrons. The van der Waals surface area contributed by atoms with Crippen LogP contribution in [0.5, 0.6) is 5.88 Å². The third kappa shape index (κ3) is 2.82. The van der Waals surface area contributed by atoms with Crippen molar-refractivity contribution in [2.75, 3.05) is 17.3 Å². The molecule has 0 aliphatic heterocycles. The highest BCUT2D eigenvalue weighted by atomic mass is 32.2. The Morgan fingerprint density at radius 2 is 2.00 bits per heavy atom. The summed E-state index contributed by atoms with van der Waals surface area (Å²) in [5.41, 5.74) is 6.25. The van der Waals surface area contributed by atoms with Gasteiger partial charge in [0, 0.05) is 5.69 Å². The maximum absolute atomic E-state index is 11.2. The van der Waals surface area contributed by atoms with Gasteiger partial charge < -0.3 is 20.7 Å². The van der Waals surface area contributed by atoms with Crippen molar-refractivity contribution in [3.63, 3.8) is 0 Å². The Bertz CT molecular complexity index is 545. The minimum Gasteiger partial charge on any atom is -0.612 e. The van der Waals surface area contributed by atoms with Gasteiger partial charge in [0.15, 0.2) is 4.90 Å². The van der Waals surface area contributed by atoms with Crippen LogP contribution < -0.4 is 11.1 Å². The topological polar surface area (TPSA) is 107 Å². The van der Waals surface area contributed by atoms with Crippen LogP contribution in [0.4, 0.5) is 17.3 Å². The highest BCUT2D eigenvalue weighted by Crippen LogP contribution is 2.20. The first-order valence-electron chi connectivity index (χ1n) is 5.08. The lowest BCUT2D eigenvalue weighted by Gasteiger charge is -2.07. The summed E-state index contributed by atoms with van der Waals surface area (Å²) >= 11 is -1.01. The van der Waals surface area contributed by atoms with Gasteiger partial charge in [0.05, 0.1) is 6.20 Å². The van der Waals surface area contributed by atoms with Crippen LogP contribution in [0.15, 0.2) is 35.4 Å². The van der Waals surface area contributed by atoms with Gasteiger partial charge in [-0.05, 0) is 35.4 Å². The van der Waals surface area contributed by atoms with Crippen molar-refractivity contribution >= 4 is 28.5 Å². The molecule has 1 unspecified atom stereocenters. The summed E-state index contributed by atoms with van der Waals surface area (Å²) < 4.78 is 11.2. The molecule has 0 saturated carbocycles. The van der Waals surface area contributed by atoms with Crippen molar-refractivity contribution in [2.24, 2.45) is 0 Å². The van der Waals surface area contributed by atoms with Crippen LogP contribution in [0, 0.1) is 0 Å². The third-order valence-electron chi connectivity index (χ3n) is 2.24. The summed E-state index contributed by atoms with van der Waals surface area (Å²) in [7, 11) is 0. The molecule has 0 aliphatic rings. The molecule has 6 nitrogen and oxygen atoms in total. The summed E-state index contributed by atoms with van der Waals surface area (Å²) in [5.74, 6) is -0.0224. The minimum absolute atomic E-state index is 0.122. The van der Waals surface area contributed by atoms with Crippen LogP contribution in [0.3, 0.4) is 0 Å².